The maximum absolute atomic E-state index is 12.9. The van der Waals surface area contributed by atoms with Crippen molar-refractivity contribution in [1.82, 2.24) is 0 Å². The minimum absolute atomic E-state index is 0.0633. The van der Waals surface area contributed by atoms with Crippen molar-refractivity contribution in [3.63, 3.8) is 0 Å². The molecule has 0 N–H and O–H groups in total. The van der Waals surface area contributed by atoms with Crippen molar-refractivity contribution in [2.24, 2.45) is 17.8 Å². The van der Waals surface area contributed by atoms with Gasteiger partial charge in [0.25, 0.3) is 0 Å². The number of hydrogen-bond donors (Lipinski definition) is 0. The van der Waals surface area contributed by atoms with Crippen molar-refractivity contribution in [3.8, 4) is 0 Å². The van der Waals surface area contributed by atoms with Gasteiger partial charge in [0.15, 0.2) is 6.10 Å². The lowest BCUT2D eigenvalue weighted by molar-refractivity contribution is -0.167. The molecular weight excluding hydrogens is 853 g/mol. The van der Waals surface area contributed by atoms with Crippen LogP contribution in [-0.2, 0) is 28.6 Å². The molecule has 0 spiro atoms. The molecule has 0 aliphatic rings. The summed E-state index contributed by atoms with van der Waals surface area (Å²) in [5.41, 5.74) is 0. The molecule has 0 bridgehead atoms. The quantitative estimate of drug-likeness (QED) is 0.0343. The average molecular weight is 976 g/mol. The smallest absolute Gasteiger partial charge is 0.306 e. The third-order valence-electron chi connectivity index (χ3n) is 15.1. The lowest BCUT2D eigenvalue weighted by Gasteiger charge is -2.18. The molecule has 0 saturated carbocycles. The molecule has 6 nitrogen and oxygen atoms in total. The Morgan fingerprint density at radius 2 is 0.507 bits per heavy atom. The zero-order chi connectivity index (χ0) is 50.5. The first-order chi connectivity index (χ1) is 33.7. The monoisotopic (exact) mass is 975 g/mol. The van der Waals surface area contributed by atoms with Crippen LogP contribution in [0.2, 0.25) is 0 Å². The first-order valence-corrected chi connectivity index (χ1v) is 31.2. The summed E-state index contributed by atoms with van der Waals surface area (Å²) in [6.45, 7) is 13.8. The van der Waals surface area contributed by atoms with Gasteiger partial charge >= 0.3 is 17.9 Å². The molecule has 0 amide bonds. The number of carbonyl (C=O) groups excluding carboxylic acids is 3. The minimum Gasteiger partial charge on any atom is -0.462 e. The van der Waals surface area contributed by atoms with Gasteiger partial charge < -0.3 is 14.2 Å². The van der Waals surface area contributed by atoms with Gasteiger partial charge in [-0.3, -0.25) is 14.4 Å². The number of ether oxygens (including phenoxy) is 3. The highest BCUT2D eigenvalue weighted by atomic mass is 16.6. The van der Waals surface area contributed by atoms with Crippen molar-refractivity contribution in [2.45, 2.75) is 356 Å². The highest BCUT2D eigenvalue weighted by Gasteiger charge is 2.19. The Balaban J connectivity index is 4.25. The summed E-state index contributed by atoms with van der Waals surface area (Å²) in [6.07, 6.45) is 58.1. The highest BCUT2D eigenvalue weighted by Crippen LogP contribution is 2.20. The summed E-state index contributed by atoms with van der Waals surface area (Å²) in [5, 5.41) is 0. The lowest BCUT2D eigenvalue weighted by Crippen LogP contribution is -2.30. The summed E-state index contributed by atoms with van der Waals surface area (Å²) in [7, 11) is 0. The first kappa shape index (κ1) is 67.4. The number of unbranched alkanes of at least 4 members (excludes halogenated alkanes) is 37. The molecule has 0 aromatic rings. The molecule has 0 heterocycles. The van der Waals surface area contributed by atoms with E-state index in [2.05, 4.69) is 41.5 Å². The topological polar surface area (TPSA) is 78.9 Å². The predicted molar refractivity (Wildman–Crippen MR) is 298 cm³/mol. The van der Waals surface area contributed by atoms with Crippen molar-refractivity contribution in [2.75, 3.05) is 13.2 Å². The maximum atomic E-state index is 12.9. The molecule has 0 aromatic heterocycles. The Kier molecular flexibility index (Phi) is 52.9. The van der Waals surface area contributed by atoms with Crippen LogP contribution in [0.1, 0.15) is 350 Å². The molecule has 0 fully saturated rings. The van der Waals surface area contributed by atoms with Gasteiger partial charge in [-0.15, -0.1) is 0 Å². The second-order valence-electron chi connectivity index (χ2n) is 22.7. The van der Waals surface area contributed by atoms with Gasteiger partial charge in [0, 0.05) is 19.3 Å². The molecule has 0 aromatic carbocycles. The van der Waals surface area contributed by atoms with E-state index in [4.69, 9.17) is 14.2 Å². The number of rotatable bonds is 56. The normalized spacial score (nSPS) is 12.9. The molecule has 0 aliphatic heterocycles. The number of hydrogen-bond acceptors (Lipinski definition) is 6. The third kappa shape index (κ3) is 54.0. The number of carbonyl (C=O) groups is 3. The van der Waals surface area contributed by atoms with Gasteiger partial charge in [0.1, 0.15) is 13.2 Å². The van der Waals surface area contributed by atoms with E-state index in [0.29, 0.717) is 19.3 Å². The van der Waals surface area contributed by atoms with E-state index in [0.717, 1.165) is 75.5 Å². The van der Waals surface area contributed by atoms with Crippen LogP contribution in [0, 0.1) is 17.8 Å². The van der Waals surface area contributed by atoms with E-state index >= 15 is 0 Å². The average Bonchev–Trinajstić information content (AvgIpc) is 3.34. The second kappa shape index (κ2) is 54.2. The Labute approximate surface area is 431 Å². The SMILES string of the molecule is CCC(C)CCCCCCCCCCCCCCCCCCCCC(=O)O[C@H](COC(=O)CCCCCCCCCCCCCCCCC(C)C)COC(=O)CCCCCCCCCCC(C)CC. The molecule has 0 saturated heterocycles. The molecule has 6 heteroatoms. The molecule has 0 rings (SSSR count). The van der Waals surface area contributed by atoms with E-state index in [-0.39, 0.29) is 31.1 Å². The van der Waals surface area contributed by atoms with Gasteiger partial charge in [0.2, 0.25) is 0 Å². The van der Waals surface area contributed by atoms with Gasteiger partial charge in [-0.25, -0.2) is 0 Å². The Morgan fingerprint density at radius 1 is 0.290 bits per heavy atom. The zero-order valence-corrected chi connectivity index (χ0v) is 47.6. The van der Waals surface area contributed by atoms with Crippen LogP contribution in [-0.4, -0.2) is 37.2 Å². The van der Waals surface area contributed by atoms with Gasteiger partial charge in [-0.1, -0.05) is 311 Å². The third-order valence-corrected chi connectivity index (χ3v) is 15.1. The Hall–Kier alpha value is -1.59. The first-order valence-electron chi connectivity index (χ1n) is 31.2. The van der Waals surface area contributed by atoms with E-state index in [1.165, 1.54) is 231 Å². The van der Waals surface area contributed by atoms with Crippen molar-refractivity contribution in [1.29, 1.82) is 0 Å². The Bertz CT molecular complexity index is 1070. The second-order valence-corrected chi connectivity index (χ2v) is 22.7. The summed E-state index contributed by atoms with van der Waals surface area (Å²) in [6, 6.07) is 0. The summed E-state index contributed by atoms with van der Waals surface area (Å²) in [5.74, 6) is 1.76. The zero-order valence-electron chi connectivity index (χ0n) is 47.6. The van der Waals surface area contributed by atoms with Gasteiger partial charge in [-0.2, -0.15) is 0 Å². The fraction of sp³-hybridized carbons (Fsp3) is 0.952. The van der Waals surface area contributed by atoms with Crippen LogP contribution in [0.4, 0.5) is 0 Å². The predicted octanol–water partition coefficient (Wildman–Crippen LogP) is 20.7. The molecule has 2 unspecified atom stereocenters. The van der Waals surface area contributed by atoms with E-state index in [1.54, 1.807) is 0 Å². The molecule has 410 valence electrons. The fourth-order valence-corrected chi connectivity index (χ4v) is 9.64. The molecule has 0 aliphatic carbocycles. The minimum atomic E-state index is -0.764. The van der Waals surface area contributed by atoms with Crippen molar-refractivity contribution < 1.29 is 28.6 Å². The standard InChI is InChI=1S/C63H122O6/c1-7-58(5)50-44-38-32-26-22-18-13-11-9-10-12-14-20-24-28-36-42-48-54-63(66)69-60(56-68-62(65)53-47-41-35-30-29-33-39-45-51-59(6)8-2)55-67-61(64)52-46-40-34-27-23-19-16-15-17-21-25-31-37-43-49-57(3)4/h57-60H,7-56H2,1-6H3/t58?,59?,60-/m1/s1. The van der Waals surface area contributed by atoms with Gasteiger partial charge in [-0.05, 0) is 37.0 Å². The fourth-order valence-electron chi connectivity index (χ4n) is 9.64. The van der Waals surface area contributed by atoms with Crippen LogP contribution in [0.25, 0.3) is 0 Å². The van der Waals surface area contributed by atoms with Crippen LogP contribution in [0.3, 0.4) is 0 Å². The molecular formula is C63H122O6. The van der Waals surface area contributed by atoms with Crippen LogP contribution in [0.15, 0.2) is 0 Å². The van der Waals surface area contributed by atoms with Gasteiger partial charge in [0.05, 0.1) is 0 Å². The van der Waals surface area contributed by atoms with Crippen LogP contribution >= 0.6 is 0 Å². The highest BCUT2D eigenvalue weighted by molar-refractivity contribution is 5.71. The van der Waals surface area contributed by atoms with Crippen LogP contribution in [0.5, 0.6) is 0 Å². The maximum Gasteiger partial charge on any atom is 0.306 e. The summed E-state index contributed by atoms with van der Waals surface area (Å²) < 4.78 is 16.9. The van der Waals surface area contributed by atoms with Crippen molar-refractivity contribution >= 4 is 17.9 Å². The van der Waals surface area contributed by atoms with Crippen molar-refractivity contribution in [3.05, 3.63) is 0 Å². The van der Waals surface area contributed by atoms with Crippen LogP contribution < -0.4 is 0 Å². The molecule has 0 radical (unpaired) electrons. The van der Waals surface area contributed by atoms with E-state index < -0.39 is 6.10 Å². The lowest BCUT2D eigenvalue weighted by atomic mass is 9.99. The summed E-state index contributed by atoms with van der Waals surface area (Å²) in [4.78, 5) is 38.2. The largest absolute Gasteiger partial charge is 0.462 e. The molecule has 69 heavy (non-hydrogen) atoms. The summed E-state index contributed by atoms with van der Waals surface area (Å²) >= 11 is 0. The van der Waals surface area contributed by atoms with E-state index in [9.17, 15) is 14.4 Å². The molecule has 3 atom stereocenters. The Morgan fingerprint density at radius 3 is 0.754 bits per heavy atom. The van der Waals surface area contributed by atoms with E-state index in [1.807, 2.05) is 0 Å². The number of esters is 3.